The molecule has 1 aliphatic rings. The number of hydrogen-bond acceptors (Lipinski definition) is 2. The van der Waals surface area contributed by atoms with Crippen LogP contribution < -0.4 is 15.4 Å². The lowest BCUT2D eigenvalue weighted by Crippen LogP contribution is -2.44. The van der Waals surface area contributed by atoms with Gasteiger partial charge in [-0.15, -0.1) is 0 Å². The summed E-state index contributed by atoms with van der Waals surface area (Å²) in [5.41, 5.74) is 2.97. The van der Waals surface area contributed by atoms with E-state index in [0.717, 1.165) is 33.5 Å². The minimum Gasteiger partial charge on any atom is -0.491 e. The monoisotopic (exact) mass is 360 g/mol. The SMILES string of the molecule is Cc1cc(NC(=O)N[C@@H]2COc3ccccc3C2)ccc1Br. The third-order valence-electron chi connectivity index (χ3n) is 3.63. The second-order valence-electron chi connectivity index (χ2n) is 5.38. The van der Waals surface area contributed by atoms with Crippen LogP contribution in [0.5, 0.6) is 5.75 Å². The molecule has 0 spiro atoms. The summed E-state index contributed by atoms with van der Waals surface area (Å²) < 4.78 is 6.70. The molecule has 4 nitrogen and oxygen atoms in total. The number of rotatable bonds is 2. The predicted molar refractivity (Wildman–Crippen MR) is 90.5 cm³/mol. The van der Waals surface area contributed by atoms with Crippen molar-refractivity contribution in [2.45, 2.75) is 19.4 Å². The molecule has 0 saturated carbocycles. The molecule has 0 unspecified atom stereocenters. The van der Waals surface area contributed by atoms with Crippen molar-refractivity contribution < 1.29 is 9.53 Å². The highest BCUT2D eigenvalue weighted by atomic mass is 79.9. The van der Waals surface area contributed by atoms with E-state index in [2.05, 4.69) is 26.6 Å². The first-order valence-electron chi connectivity index (χ1n) is 7.16. The Morgan fingerprint density at radius 1 is 1.27 bits per heavy atom. The van der Waals surface area contributed by atoms with Crippen LogP contribution in [-0.2, 0) is 6.42 Å². The first-order valence-corrected chi connectivity index (χ1v) is 7.95. The number of halogens is 1. The average Bonchev–Trinajstić information content (AvgIpc) is 2.51. The van der Waals surface area contributed by atoms with Gasteiger partial charge in [0, 0.05) is 10.2 Å². The van der Waals surface area contributed by atoms with Crippen LogP contribution in [0.1, 0.15) is 11.1 Å². The maximum atomic E-state index is 12.1. The fourth-order valence-electron chi connectivity index (χ4n) is 2.50. The number of anilines is 1. The van der Waals surface area contributed by atoms with Gasteiger partial charge in [-0.05, 0) is 48.7 Å². The lowest BCUT2D eigenvalue weighted by Gasteiger charge is -2.26. The molecule has 0 aliphatic carbocycles. The Bertz CT molecular complexity index is 703. The highest BCUT2D eigenvalue weighted by Crippen LogP contribution is 2.24. The number of urea groups is 1. The lowest BCUT2D eigenvalue weighted by atomic mass is 10.0. The molecule has 22 heavy (non-hydrogen) atoms. The van der Waals surface area contributed by atoms with Crippen LogP contribution in [0.25, 0.3) is 0 Å². The van der Waals surface area contributed by atoms with Crippen LogP contribution in [0.15, 0.2) is 46.9 Å². The van der Waals surface area contributed by atoms with E-state index in [4.69, 9.17) is 4.74 Å². The molecule has 0 radical (unpaired) electrons. The van der Waals surface area contributed by atoms with Crippen LogP contribution in [0.2, 0.25) is 0 Å². The number of nitrogens with one attached hydrogen (secondary N) is 2. The smallest absolute Gasteiger partial charge is 0.319 e. The number of hydrogen-bond donors (Lipinski definition) is 2. The maximum Gasteiger partial charge on any atom is 0.319 e. The van der Waals surface area contributed by atoms with Crippen LogP contribution >= 0.6 is 15.9 Å². The van der Waals surface area contributed by atoms with Crippen molar-refractivity contribution in [3.05, 3.63) is 58.1 Å². The van der Waals surface area contributed by atoms with Crippen molar-refractivity contribution in [2.75, 3.05) is 11.9 Å². The van der Waals surface area contributed by atoms with Gasteiger partial charge < -0.3 is 15.4 Å². The van der Waals surface area contributed by atoms with Gasteiger partial charge in [-0.1, -0.05) is 34.1 Å². The molecule has 3 rings (SSSR count). The van der Waals surface area contributed by atoms with E-state index in [1.165, 1.54) is 0 Å². The van der Waals surface area contributed by atoms with Crippen molar-refractivity contribution in [3.8, 4) is 5.75 Å². The first-order chi connectivity index (χ1) is 10.6. The maximum absolute atomic E-state index is 12.1. The van der Waals surface area contributed by atoms with Gasteiger partial charge in [-0.25, -0.2) is 4.79 Å². The summed E-state index contributed by atoms with van der Waals surface area (Å²) in [6.07, 6.45) is 0.781. The molecular formula is C17H17BrN2O2. The highest BCUT2D eigenvalue weighted by molar-refractivity contribution is 9.10. The molecule has 2 aromatic rings. The summed E-state index contributed by atoms with van der Waals surface area (Å²) in [5.74, 6) is 0.907. The number of carbonyl (C=O) groups excluding carboxylic acids is 1. The molecule has 5 heteroatoms. The number of amides is 2. The van der Waals surface area contributed by atoms with Crippen molar-refractivity contribution in [3.63, 3.8) is 0 Å². The molecule has 114 valence electrons. The zero-order valence-electron chi connectivity index (χ0n) is 12.2. The topological polar surface area (TPSA) is 50.4 Å². The standard InChI is InChI=1S/C17H17BrN2O2/c1-11-8-13(6-7-15(11)18)19-17(21)20-14-9-12-4-2-3-5-16(12)22-10-14/h2-8,14H,9-10H2,1H3,(H2,19,20,21)/t14-/m0/s1. The summed E-state index contributed by atoms with van der Waals surface area (Å²) >= 11 is 3.45. The molecule has 1 atom stereocenters. The second-order valence-corrected chi connectivity index (χ2v) is 6.24. The minimum absolute atomic E-state index is 0.0218. The molecule has 1 heterocycles. The Kier molecular flexibility index (Phi) is 4.34. The minimum atomic E-state index is -0.213. The van der Waals surface area contributed by atoms with Crippen LogP contribution in [0.4, 0.5) is 10.5 Å². The Labute approximate surface area is 138 Å². The average molecular weight is 361 g/mol. The largest absolute Gasteiger partial charge is 0.491 e. The molecular weight excluding hydrogens is 344 g/mol. The quantitative estimate of drug-likeness (QED) is 0.853. The van der Waals surface area contributed by atoms with E-state index in [1.54, 1.807) is 0 Å². The van der Waals surface area contributed by atoms with Crippen molar-refractivity contribution in [2.24, 2.45) is 0 Å². The van der Waals surface area contributed by atoms with Crippen LogP contribution in [0.3, 0.4) is 0 Å². The predicted octanol–water partition coefficient (Wildman–Crippen LogP) is 3.88. The molecule has 0 aromatic heterocycles. The summed E-state index contributed by atoms with van der Waals surface area (Å²) in [6.45, 7) is 2.48. The van der Waals surface area contributed by atoms with Gasteiger partial charge in [0.05, 0.1) is 6.04 Å². The van der Waals surface area contributed by atoms with Gasteiger partial charge in [-0.2, -0.15) is 0 Å². The molecule has 0 fully saturated rings. The van der Waals surface area contributed by atoms with E-state index in [0.29, 0.717) is 6.61 Å². The lowest BCUT2D eigenvalue weighted by molar-refractivity contribution is 0.222. The Morgan fingerprint density at radius 2 is 2.09 bits per heavy atom. The Hall–Kier alpha value is -2.01. The first kappa shape index (κ1) is 14.9. The Balaban J connectivity index is 1.59. The van der Waals surface area contributed by atoms with E-state index in [1.807, 2.05) is 49.4 Å². The van der Waals surface area contributed by atoms with Crippen LogP contribution in [-0.4, -0.2) is 18.7 Å². The molecule has 1 aliphatic heterocycles. The summed E-state index contributed by atoms with van der Waals surface area (Å²) in [6, 6.07) is 13.4. The zero-order valence-corrected chi connectivity index (χ0v) is 13.8. The number of aryl methyl sites for hydroxylation is 1. The van der Waals surface area contributed by atoms with Gasteiger partial charge in [0.1, 0.15) is 12.4 Å². The van der Waals surface area contributed by atoms with Gasteiger partial charge in [-0.3, -0.25) is 0 Å². The summed E-state index contributed by atoms with van der Waals surface area (Å²) in [4.78, 5) is 12.1. The molecule has 2 N–H and O–H groups in total. The van der Waals surface area contributed by atoms with Crippen molar-refractivity contribution >= 4 is 27.6 Å². The second kappa shape index (κ2) is 6.40. The van der Waals surface area contributed by atoms with Gasteiger partial charge >= 0.3 is 6.03 Å². The number of benzene rings is 2. The van der Waals surface area contributed by atoms with Gasteiger partial charge in [0.25, 0.3) is 0 Å². The number of carbonyl (C=O) groups is 1. The van der Waals surface area contributed by atoms with E-state index in [-0.39, 0.29) is 12.1 Å². The number of fused-ring (bicyclic) bond motifs is 1. The molecule has 2 amide bonds. The fraction of sp³-hybridized carbons (Fsp3) is 0.235. The van der Waals surface area contributed by atoms with Gasteiger partial charge in [0.2, 0.25) is 0 Å². The van der Waals surface area contributed by atoms with E-state index >= 15 is 0 Å². The van der Waals surface area contributed by atoms with E-state index < -0.39 is 0 Å². The third kappa shape index (κ3) is 3.42. The normalized spacial score (nSPS) is 16.4. The zero-order chi connectivity index (χ0) is 15.5. The summed E-state index contributed by atoms with van der Waals surface area (Å²) in [5, 5.41) is 5.81. The van der Waals surface area contributed by atoms with Gasteiger partial charge in [0.15, 0.2) is 0 Å². The molecule has 0 saturated heterocycles. The number of para-hydroxylation sites is 1. The van der Waals surface area contributed by atoms with Crippen LogP contribution in [0, 0.1) is 6.92 Å². The molecule has 0 bridgehead atoms. The fourth-order valence-corrected chi connectivity index (χ4v) is 2.74. The third-order valence-corrected chi connectivity index (χ3v) is 4.52. The van der Waals surface area contributed by atoms with Crippen molar-refractivity contribution in [1.82, 2.24) is 5.32 Å². The summed E-state index contributed by atoms with van der Waals surface area (Å²) in [7, 11) is 0. The Morgan fingerprint density at radius 3 is 2.91 bits per heavy atom. The number of ether oxygens (including phenoxy) is 1. The van der Waals surface area contributed by atoms with E-state index in [9.17, 15) is 4.79 Å². The highest BCUT2D eigenvalue weighted by Gasteiger charge is 2.21. The molecule has 2 aromatic carbocycles. The van der Waals surface area contributed by atoms with Crippen molar-refractivity contribution in [1.29, 1.82) is 0 Å².